The summed E-state index contributed by atoms with van der Waals surface area (Å²) in [6.45, 7) is 0.299. The molecule has 0 aliphatic heterocycles. The highest BCUT2D eigenvalue weighted by Crippen LogP contribution is 2.29. The van der Waals surface area contributed by atoms with Crippen LogP contribution in [0.25, 0.3) is 0 Å². The van der Waals surface area contributed by atoms with E-state index in [2.05, 4.69) is 5.32 Å². The molecule has 1 N–H and O–H groups in total. The number of para-hydroxylation sites is 1. The third-order valence-electron chi connectivity index (χ3n) is 5.88. The van der Waals surface area contributed by atoms with Crippen LogP contribution in [0.15, 0.2) is 102 Å². The van der Waals surface area contributed by atoms with Crippen molar-refractivity contribution in [2.75, 3.05) is 18.5 Å². The first-order valence-corrected chi connectivity index (χ1v) is 13.6. The SMILES string of the molecule is COc1ccc(CNC(=O)c2cc(S(=O)(=O)N(Cc3ccccc3)c3ccccc3)ccc2Cl)cc1OC. The number of benzene rings is 4. The zero-order valence-electron chi connectivity index (χ0n) is 20.9. The van der Waals surface area contributed by atoms with Crippen LogP contribution in [-0.4, -0.2) is 28.5 Å². The van der Waals surface area contributed by atoms with Crippen molar-refractivity contribution in [1.82, 2.24) is 5.32 Å². The highest BCUT2D eigenvalue weighted by Gasteiger charge is 2.27. The molecule has 0 aromatic heterocycles. The van der Waals surface area contributed by atoms with E-state index in [0.29, 0.717) is 17.2 Å². The van der Waals surface area contributed by atoms with E-state index in [9.17, 15) is 13.2 Å². The summed E-state index contributed by atoms with van der Waals surface area (Å²) in [4.78, 5) is 13.0. The van der Waals surface area contributed by atoms with Crippen molar-refractivity contribution in [1.29, 1.82) is 0 Å². The molecule has 7 nitrogen and oxygen atoms in total. The number of carbonyl (C=O) groups is 1. The summed E-state index contributed by atoms with van der Waals surface area (Å²) < 4.78 is 39.6. The number of nitrogens with zero attached hydrogens (tertiary/aromatic N) is 1. The van der Waals surface area contributed by atoms with Gasteiger partial charge in [-0.15, -0.1) is 0 Å². The maximum absolute atomic E-state index is 13.9. The van der Waals surface area contributed by atoms with E-state index >= 15 is 0 Å². The maximum atomic E-state index is 13.9. The number of methoxy groups -OCH3 is 2. The molecule has 0 fully saturated rings. The first-order chi connectivity index (χ1) is 18.3. The van der Waals surface area contributed by atoms with Crippen molar-refractivity contribution in [3.05, 3.63) is 119 Å². The fraction of sp³-hybridized carbons (Fsp3) is 0.138. The van der Waals surface area contributed by atoms with E-state index in [4.69, 9.17) is 21.1 Å². The van der Waals surface area contributed by atoms with Crippen LogP contribution < -0.4 is 19.1 Å². The van der Waals surface area contributed by atoms with Crippen LogP contribution in [0.2, 0.25) is 5.02 Å². The van der Waals surface area contributed by atoms with Gasteiger partial charge in [-0.05, 0) is 53.6 Å². The second kappa shape index (κ2) is 12.0. The molecule has 4 aromatic rings. The van der Waals surface area contributed by atoms with Gasteiger partial charge in [0.05, 0.1) is 41.9 Å². The van der Waals surface area contributed by atoms with Crippen LogP contribution in [0.4, 0.5) is 5.69 Å². The molecule has 0 aliphatic rings. The summed E-state index contributed by atoms with van der Waals surface area (Å²) in [6, 6.07) is 27.6. The lowest BCUT2D eigenvalue weighted by atomic mass is 10.1. The quantitative estimate of drug-likeness (QED) is 0.274. The van der Waals surface area contributed by atoms with Crippen LogP contribution in [0.3, 0.4) is 0 Å². The van der Waals surface area contributed by atoms with Crippen LogP contribution in [0, 0.1) is 0 Å². The fourth-order valence-electron chi connectivity index (χ4n) is 3.89. The summed E-state index contributed by atoms with van der Waals surface area (Å²) >= 11 is 6.33. The van der Waals surface area contributed by atoms with Crippen LogP contribution >= 0.6 is 11.6 Å². The first kappa shape index (κ1) is 27.0. The topological polar surface area (TPSA) is 84.9 Å². The van der Waals surface area contributed by atoms with Gasteiger partial charge in [0.25, 0.3) is 15.9 Å². The lowest BCUT2D eigenvalue weighted by Crippen LogP contribution is -2.31. The normalized spacial score (nSPS) is 11.0. The van der Waals surface area contributed by atoms with Crippen LogP contribution in [0.1, 0.15) is 21.5 Å². The highest BCUT2D eigenvalue weighted by molar-refractivity contribution is 7.92. The van der Waals surface area contributed by atoms with E-state index in [1.54, 1.807) is 49.6 Å². The zero-order valence-corrected chi connectivity index (χ0v) is 22.5. The summed E-state index contributed by atoms with van der Waals surface area (Å²) in [5, 5.41) is 2.94. The molecule has 0 aliphatic carbocycles. The lowest BCUT2D eigenvalue weighted by molar-refractivity contribution is 0.0951. The Balaban J connectivity index is 1.61. The average Bonchev–Trinajstić information content (AvgIpc) is 2.95. The first-order valence-electron chi connectivity index (χ1n) is 11.7. The second-order valence-electron chi connectivity index (χ2n) is 8.35. The second-order valence-corrected chi connectivity index (χ2v) is 10.6. The van der Waals surface area contributed by atoms with Crippen molar-refractivity contribution >= 4 is 33.2 Å². The van der Waals surface area contributed by atoms with Gasteiger partial charge in [0.1, 0.15) is 0 Å². The van der Waals surface area contributed by atoms with Gasteiger partial charge in [-0.2, -0.15) is 0 Å². The molecule has 0 bridgehead atoms. The van der Waals surface area contributed by atoms with Gasteiger partial charge < -0.3 is 14.8 Å². The Hall–Kier alpha value is -4.01. The molecule has 0 heterocycles. The number of nitrogens with one attached hydrogen (secondary N) is 1. The zero-order chi connectivity index (χ0) is 27.1. The minimum absolute atomic E-state index is 0.0436. The van der Waals surface area contributed by atoms with Gasteiger partial charge in [0, 0.05) is 6.54 Å². The number of sulfonamides is 1. The molecule has 38 heavy (non-hydrogen) atoms. The molecule has 4 rings (SSSR count). The molecular weight excluding hydrogens is 524 g/mol. The number of hydrogen-bond acceptors (Lipinski definition) is 5. The fourth-order valence-corrected chi connectivity index (χ4v) is 5.58. The molecule has 4 aromatic carbocycles. The predicted molar refractivity (Wildman–Crippen MR) is 148 cm³/mol. The molecule has 0 atom stereocenters. The standard InChI is InChI=1S/C29H27ClN2O5S/c1-36-27-16-13-22(17-28(27)37-2)19-31-29(33)25-18-24(14-15-26(25)30)38(34,35)32(23-11-7-4-8-12-23)20-21-9-5-3-6-10-21/h3-18H,19-20H2,1-2H3,(H,31,33). The highest BCUT2D eigenvalue weighted by atomic mass is 35.5. The van der Waals surface area contributed by atoms with E-state index < -0.39 is 15.9 Å². The Labute approximate surface area is 227 Å². The molecule has 0 saturated carbocycles. The van der Waals surface area contributed by atoms with E-state index in [-0.39, 0.29) is 28.6 Å². The number of carbonyl (C=O) groups excluding carboxylic acids is 1. The number of ether oxygens (including phenoxy) is 2. The van der Waals surface area contributed by atoms with Crippen LogP contribution in [0.5, 0.6) is 11.5 Å². The van der Waals surface area contributed by atoms with Gasteiger partial charge in [-0.25, -0.2) is 8.42 Å². The number of amides is 1. The van der Waals surface area contributed by atoms with Crippen molar-refractivity contribution < 1.29 is 22.7 Å². The Bertz CT molecular complexity index is 1510. The third-order valence-corrected chi connectivity index (χ3v) is 7.98. The predicted octanol–water partition coefficient (Wildman–Crippen LogP) is 5.68. The Kier molecular flexibility index (Phi) is 8.55. The molecule has 0 unspecified atom stereocenters. The Morgan fingerprint density at radius 1 is 0.816 bits per heavy atom. The average molecular weight is 551 g/mol. The van der Waals surface area contributed by atoms with E-state index in [1.165, 1.54) is 29.6 Å². The minimum Gasteiger partial charge on any atom is -0.493 e. The molecular formula is C29H27ClN2O5S. The minimum atomic E-state index is -4.04. The maximum Gasteiger partial charge on any atom is 0.264 e. The summed E-state index contributed by atoms with van der Waals surface area (Å²) in [6.07, 6.45) is 0. The van der Waals surface area contributed by atoms with Gasteiger partial charge >= 0.3 is 0 Å². The van der Waals surface area contributed by atoms with Crippen molar-refractivity contribution in [2.24, 2.45) is 0 Å². The molecule has 1 amide bonds. The van der Waals surface area contributed by atoms with E-state index in [0.717, 1.165) is 11.1 Å². The largest absolute Gasteiger partial charge is 0.493 e. The number of anilines is 1. The molecule has 196 valence electrons. The van der Waals surface area contributed by atoms with Gasteiger partial charge in [-0.1, -0.05) is 66.2 Å². The lowest BCUT2D eigenvalue weighted by Gasteiger charge is -2.25. The van der Waals surface area contributed by atoms with Crippen LogP contribution in [-0.2, 0) is 23.1 Å². The Morgan fingerprint density at radius 3 is 2.13 bits per heavy atom. The smallest absolute Gasteiger partial charge is 0.264 e. The van der Waals surface area contributed by atoms with Crippen molar-refractivity contribution in [3.63, 3.8) is 0 Å². The van der Waals surface area contributed by atoms with Gasteiger partial charge in [0.15, 0.2) is 11.5 Å². The van der Waals surface area contributed by atoms with Crippen molar-refractivity contribution in [3.8, 4) is 11.5 Å². The summed E-state index contributed by atoms with van der Waals surface area (Å²) in [5.41, 5.74) is 2.16. The molecule has 0 spiro atoms. The molecule has 9 heteroatoms. The monoisotopic (exact) mass is 550 g/mol. The molecule has 0 saturated heterocycles. The van der Waals surface area contributed by atoms with Gasteiger partial charge in [0.2, 0.25) is 0 Å². The van der Waals surface area contributed by atoms with Gasteiger partial charge in [-0.3, -0.25) is 9.10 Å². The van der Waals surface area contributed by atoms with E-state index in [1.807, 2.05) is 36.4 Å². The summed E-state index contributed by atoms with van der Waals surface area (Å²) in [7, 11) is -0.972. The number of halogens is 1. The Morgan fingerprint density at radius 2 is 1.47 bits per heavy atom. The summed E-state index contributed by atoms with van der Waals surface area (Å²) in [5.74, 6) is 0.600. The van der Waals surface area contributed by atoms with Crippen molar-refractivity contribution in [2.45, 2.75) is 18.0 Å². The third kappa shape index (κ3) is 6.10. The molecule has 0 radical (unpaired) electrons. The number of hydrogen-bond donors (Lipinski definition) is 1. The number of rotatable bonds is 10.